The van der Waals surface area contributed by atoms with Gasteiger partial charge in [0.25, 0.3) is 0 Å². The molecule has 4 saturated carbocycles. The molecule has 40 heavy (non-hydrogen) atoms. The first-order chi connectivity index (χ1) is 18.7. The molecule has 3 heteroatoms. The van der Waals surface area contributed by atoms with Crippen LogP contribution >= 0.6 is 0 Å². The molecule has 0 spiro atoms. The maximum atomic E-state index is 11.5. The van der Waals surface area contributed by atoms with Crippen molar-refractivity contribution < 1.29 is 15.0 Å². The van der Waals surface area contributed by atoms with E-state index in [9.17, 15) is 15.0 Å². The summed E-state index contributed by atoms with van der Waals surface area (Å²) in [5.74, 6) is 2.26. The van der Waals surface area contributed by atoms with E-state index >= 15 is 0 Å². The SMILES string of the molecule is C=C(C)[C@@H]1CC[C@]2(CO)CC[C@]3(C)[C@H](CCC4[C@@]5(C)CC=C(c6ccc(C(=O)O)cc6)C(C)(C)C5CC[C@]43C)[C@@H]12. The van der Waals surface area contributed by atoms with Crippen molar-refractivity contribution in [3.05, 3.63) is 53.6 Å². The van der Waals surface area contributed by atoms with E-state index < -0.39 is 5.97 Å². The smallest absolute Gasteiger partial charge is 0.335 e. The molecule has 0 bridgehead atoms. The summed E-state index contributed by atoms with van der Waals surface area (Å²) >= 11 is 0. The van der Waals surface area contributed by atoms with Gasteiger partial charge in [0.15, 0.2) is 0 Å². The summed E-state index contributed by atoms with van der Waals surface area (Å²) in [4.78, 5) is 11.5. The Labute approximate surface area is 242 Å². The van der Waals surface area contributed by atoms with Crippen LogP contribution in [0.3, 0.4) is 0 Å². The molecular formula is C37H52O3. The molecule has 218 valence electrons. The Hall–Kier alpha value is -1.87. The lowest BCUT2D eigenvalue weighted by Gasteiger charge is -2.72. The lowest BCUT2D eigenvalue weighted by atomic mass is 9.32. The van der Waals surface area contributed by atoms with Crippen LogP contribution in [0.1, 0.15) is 115 Å². The van der Waals surface area contributed by atoms with Gasteiger partial charge in [0.05, 0.1) is 5.56 Å². The third-order valence-corrected chi connectivity index (χ3v) is 14.6. The fraction of sp³-hybridized carbons (Fsp3) is 0.703. The minimum atomic E-state index is -0.863. The normalized spacial score (nSPS) is 45.4. The maximum Gasteiger partial charge on any atom is 0.335 e. The fourth-order valence-electron chi connectivity index (χ4n) is 12.5. The zero-order valence-corrected chi connectivity index (χ0v) is 25.9. The molecule has 0 aromatic heterocycles. The Morgan fingerprint density at radius 1 is 0.900 bits per heavy atom. The van der Waals surface area contributed by atoms with Crippen molar-refractivity contribution in [3.8, 4) is 0 Å². The Morgan fingerprint density at radius 2 is 1.60 bits per heavy atom. The van der Waals surface area contributed by atoms with Crippen molar-refractivity contribution >= 4 is 11.5 Å². The highest BCUT2D eigenvalue weighted by Gasteiger charge is 2.70. The van der Waals surface area contributed by atoms with E-state index in [0.717, 1.165) is 6.42 Å². The minimum Gasteiger partial charge on any atom is -0.478 e. The number of aliphatic hydroxyl groups is 1. The number of carboxylic acids is 1. The summed E-state index contributed by atoms with van der Waals surface area (Å²) in [7, 11) is 0. The third kappa shape index (κ3) is 3.55. The minimum absolute atomic E-state index is 0.0337. The van der Waals surface area contributed by atoms with Crippen LogP contribution in [0.25, 0.3) is 5.57 Å². The molecule has 5 aliphatic rings. The predicted molar refractivity (Wildman–Crippen MR) is 163 cm³/mol. The average Bonchev–Trinajstić information content (AvgIpc) is 3.29. The van der Waals surface area contributed by atoms with Gasteiger partial charge in [-0.15, -0.1) is 0 Å². The van der Waals surface area contributed by atoms with Crippen LogP contribution in [0.2, 0.25) is 0 Å². The average molecular weight is 545 g/mol. The van der Waals surface area contributed by atoms with E-state index in [1.807, 2.05) is 12.1 Å². The second-order valence-electron chi connectivity index (χ2n) is 16.1. The molecule has 1 aromatic rings. The number of fused-ring (bicyclic) bond motifs is 7. The van der Waals surface area contributed by atoms with Crippen LogP contribution in [0.5, 0.6) is 0 Å². The van der Waals surface area contributed by atoms with Gasteiger partial charge in [-0.2, -0.15) is 0 Å². The number of rotatable bonds is 4. The quantitative estimate of drug-likeness (QED) is 0.372. The third-order valence-electron chi connectivity index (χ3n) is 14.6. The van der Waals surface area contributed by atoms with Crippen molar-refractivity contribution in [2.45, 2.75) is 99.3 Å². The van der Waals surface area contributed by atoms with Gasteiger partial charge in [-0.25, -0.2) is 4.79 Å². The molecule has 0 radical (unpaired) electrons. The van der Waals surface area contributed by atoms with Crippen molar-refractivity contribution in [2.24, 2.45) is 56.7 Å². The number of benzene rings is 1. The number of carbonyl (C=O) groups is 1. The van der Waals surface area contributed by atoms with Gasteiger partial charge < -0.3 is 10.2 Å². The molecule has 2 N–H and O–H groups in total. The van der Waals surface area contributed by atoms with Crippen molar-refractivity contribution in [1.29, 1.82) is 0 Å². The fourth-order valence-corrected chi connectivity index (χ4v) is 12.5. The number of aliphatic hydroxyl groups excluding tert-OH is 1. The molecule has 9 atom stereocenters. The van der Waals surface area contributed by atoms with E-state index in [0.29, 0.717) is 52.6 Å². The molecule has 0 heterocycles. The molecule has 4 fully saturated rings. The number of hydrogen-bond acceptors (Lipinski definition) is 2. The van der Waals surface area contributed by atoms with Crippen LogP contribution in [-0.4, -0.2) is 22.8 Å². The van der Waals surface area contributed by atoms with Crippen LogP contribution in [0.4, 0.5) is 0 Å². The number of carboxylic acid groups (broad SMARTS) is 1. The second kappa shape index (κ2) is 9.06. The lowest BCUT2D eigenvalue weighted by Crippen LogP contribution is -2.65. The van der Waals surface area contributed by atoms with E-state index in [2.05, 4.69) is 54.2 Å². The molecule has 6 rings (SSSR count). The number of allylic oxidation sites excluding steroid dienone is 3. The van der Waals surface area contributed by atoms with Gasteiger partial charge in [-0.1, -0.05) is 65.0 Å². The molecule has 5 aliphatic carbocycles. The van der Waals surface area contributed by atoms with Crippen LogP contribution in [0.15, 0.2) is 42.5 Å². The van der Waals surface area contributed by atoms with Crippen molar-refractivity contribution in [3.63, 3.8) is 0 Å². The summed E-state index contributed by atoms with van der Waals surface area (Å²) in [5, 5.41) is 20.2. The monoisotopic (exact) mass is 544 g/mol. The van der Waals surface area contributed by atoms with Gasteiger partial charge in [0.2, 0.25) is 0 Å². The standard InChI is InChI=1S/C37H52O3/c1-23(2)26-14-19-37(22-38)21-20-35(6)28(31(26)37)12-13-30-34(5)17-15-27(24-8-10-25(11-9-24)32(39)40)33(3,4)29(34)16-18-36(30,35)7/h8-11,15,26,28-31,38H,1,12-14,16-22H2,2-7H3,(H,39,40)/t26-,28+,29?,30?,31+,34-,35+,36+,37+/m0/s1. The van der Waals surface area contributed by atoms with E-state index in [1.165, 1.54) is 68.1 Å². The lowest BCUT2D eigenvalue weighted by molar-refractivity contribution is -0.228. The molecule has 0 amide bonds. The Bertz CT molecular complexity index is 1240. The topological polar surface area (TPSA) is 57.5 Å². The highest BCUT2D eigenvalue weighted by molar-refractivity contribution is 5.88. The second-order valence-corrected chi connectivity index (χ2v) is 16.1. The van der Waals surface area contributed by atoms with Gasteiger partial charge >= 0.3 is 5.97 Å². The largest absolute Gasteiger partial charge is 0.478 e. The van der Waals surface area contributed by atoms with Gasteiger partial charge in [0, 0.05) is 6.61 Å². The first-order valence-corrected chi connectivity index (χ1v) is 16.1. The first-order valence-electron chi connectivity index (χ1n) is 16.1. The molecule has 2 unspecified atom stereocenters. The van der Waals surface area contributed by atoms with Crippen LogP contribution in [0, 0.1) is 56.7 Å². The number of hydrogen-bond donors (Lipinski definition) is 2. The summed E-state index contributed by atoms with van der Waals surface area (Å²) in [6.45, 7) is 19.9. The molecule has 3 nitrogen and oxygen atoms in total. The van der Waals surface area contributed by atoms with Crippen LogP contribution < -0.4 is 0 Å². The van der Waals surface area contributed by atoms with E-state index in [-0.39, 0.29) is 16.2 Å². The van der Waals surface area contributed by atoms with Gasteiger partial charge in [-0.3, -0.25) is 0 Å². The summed E-state index contributed by atoms with van der Waals surface area (Å²) in [6.07, 6.45) is 13.6. The maximum absolute atomic E-state index is 11.5. The highest BCUT2D eigenvalue weighted by atomic mass is 16.4. The summed E-state index contributed by atoms with van der Waals surface area (Å²) in [6, 6.07) is 7.57. The zero-order chi connectivity index (χ0) is 28.9. The Balaban J connectivity index is 1.36. The molecule has 0 saturated heterocycles. The zero-order valence-electron chi connectivity index (χ0n) is 25.9. The summed E-state index contributed by atoms with van der Waals surface area (Å²) < 4.78 is 0. The Kier molecular flexibility index (Phi) is 6.40. The van der Waals surface area contributed by atoms with Crippen LogP contribution in [-0.2, 0) is 0 Å². The Morgan fingerprint density at radius 3 is 2.23 bits per heavy atom. The van der Waals surface area contributed by atoms with E-state index in [4.69, 9.17) is 0 Å². The van der Waals surface area contributed by atoms with Crippen molar-refractivity contribution in [1.82, 2.24) is 0 Å². The first kappa shape index (κ1) is 28.3. The van der Waals surface area contributed by atoms with E-state index in [1.54, 1.807) is 12.1 Å². The van der Waals surface area contributed by atoms with Gasteiger partial charge in [-0.05, 0) is 145 Å². The summed E-state index contributed by atoms with van der Waals surface area (Å²) in [5.41, 5.74) is 5.28. The van der Waals surface area contributed by atoms with Crippen molar-refractivity contribution in [2.75, 3.05) is 6.61 Å². The number of aromatic carboxylic acids is 1. The molecular weight excluding hydrogens is 492 g/mol. The van der Waals surface area contributed by atoms with Gasteiger partial charge in [0.1, 0.15) is 0 Å². The molecule has 0 aliphatic heterocycles. The molecule has 1 aromatic carbocycles. The predicted octanol–water partition coefficient (Wildman–Crippen LogP) is 9.03. The highest BCUT2D eigenvalue weighted by Crippen LogP contribution is 2.77.